The summed E-state index contributed by atoms with van der Waals surface area (Å²) in [4.78, 5) is 10.1. The Hall–Kier alpha value is -2.57. The molecule has 7 heteroatoms. The second kappa shape index (κ2) is 4.12. The van der Waals surface area contributed by atoms with Crippen molar-refractivity contribution in [1.29, 1.82) is 0 Å². The molecule has 0 fully saturated rings. The van der Waals surface area contributed by atoms with Gasteiger partial charge in [0.05, 0.1) is 16.8 Å². The van der Waals surface area contributed by atoms with E-state index in [1.54, 1.807) is 30.2 Å². The van der Waals surface area contributed by atoms with Gasteiger partial charge in [0.15, 0.2) is 0 Å². The van der Waals surface area contributed by atoms with Crippen LogP contribution in [0.4, 0.5) is 22.7 Å². The molecule has 0 aliphatic carbocycles. The molecule has 0 saturated carbocycles. The summed E-state index contributed by atoms with van der Waals surface area (Å²) in [5, 5.41) is 17.6. The number of anilines is 3. The Kier molecular flexibility index (Phi) is 2.65. The molecule has 0 saturated heterocycles. The van der Waals surface area contributed by atoms with Crippen molar-refractivity contribution in [3.8, 4) is 0 Å². The van der Waals surface area contributed by atoms with Crippen LogP contribution in [0.3, 0.4) is 0 Å². The minimum absolute atomic E-state index is 0.0956. The molecule has 1 heterocycles. The molecular weight excluding hydrogens is 222 g/mol. The van der Waals surface area contributed by atoms with E-state index in [9.17, 15) is 10.1 Å². The monoisotopic (exact) mass is 233 g/mol. The van der Waals surface area contributed by atoms with Crippen molar-refractivity contribution >= 4 is 22.7 Å². The molecule has 0 aliphatic rings. The van der Waals surface area contributed by atoms with E-state index in [0.717, 1.165) is 5.69 Å². The normalized spacial score (nSPS) is 10.2. The number of benzene rings is 1. The Morgan fingerprint density at radius 1 is 1.47 bits per heavy atom. The van der Waals surface area contributed by atoms with Gasteiger partial charge in [-0.1, -0.05) is 0 Å². The summed E-state index contributed by atoms with van der Waals surface area (Å²) in [6.45, 7) is 0. The summed E-state index contributed by atoms with van der Waals surface area (Å²) in [7, 11) is 1.80. The van der Waals surface area contributed by atoms with E-state index in [4.69, 9.17) is 5.73 Å². The van der Waals surface area contributed by atoms with Gasteiger partial charge in [0, 0.05) is 25.0 Å². The quantitative estimate of drug-likeness (QED) is 0.477. The minimum atomic E-state index is -0.511. The molecular formula is C10H11N5O2. The SMILES string of the molecule is Cn1cc(Nc2ccc([N+](=O)[O-])c(N)c2)cn1. The molecule has 0 atom stereocenters. The molecule has 0 bridgehead atoms. The number of nitrogens with zero attached hydrogens (tertiary/aromatic N) is 3. The maximum absolute atomic E-state index is 10.6. The van der Waals surface area contributed by atoms with Crippen molar-refractivity contribution in [3.05, 3.63) is 40.7 Å². The number of aryl methyl sites for hydroxylation is 1. The number of nitro groups is 1. The van der Waals surface area contributed by atoms with Gasteiger partial charge in [-0.25, -0.2) is 0 Å². The summed E-state index contributed by atoms with van der Waals surface area (Å²) in [5.74, 6) is 0. The van der Waals surface area contributed by atoms with E-state index in [0.29, 0.717) is 5.69 Å². The molecule has 7 nitrogen and oxygen atoms in total. The van der Waals surface area contributed by atoms with Crippen molar-refractivity contribution in [1.82, 2.24) is 9.78 Å². The zero-order chi connectivity index (χ0) is 12.4. The highest BCUT2D eigenvalue weighted by molar-refractivity contribution is 5.69. The van der Waals surface area contributed by atoms with E-state index in [1.807, 2.05) is 0 Å². The van der Waals surface area contributed by atoms with Crippen LogP contribution in [-0.2, 0) is 7.05 Å². The summed E-state index contributed by atoms with van der Waals surface area (Å²) in [5.41, 5.74) is 7.09. The summed E-state index contributed by atoms with van der Waals surface area (Å²) < 4.78 is 1.65. The predicted molar refractivity (Wildman–Crippen MR) is 64.0 cm³/mol. The first-order chi connectivity index (χ1) is 8.06. The van der Waals surface area contributed by atoms with Gasteiger partial charge in [0.25, 0.3) is 5.69 Å². The number of hydrogen-bond acceptors (Lipinski definition) is 5. The molecule has 0 spiro atoms. The molecule has 0 aliphatic heterocycles. The third kappa shape index (κ3) is 2.33. The van der Waals surface area contributed by atoms with Crippen LogP contribution in [0.15, 0.2) is 30.6 Å². The summed E-state index contributed by atoms with van der Waals surface area (Å²) in [6.07, 6.45) is 3.44. The Bertz CT molecular complexity index is 564. The number of nitro benzene ring substituents is 1. The zero-order valence-corrected chi connectivity index (χ0v) is 9.12. The number of nitrogens with one attached hydrogen (secondary N) is 1. The van der Waals surface area contributed by atoms with Gasteiger partial charge >= 0.3 is 0 Å². The first-order valence-corrected chi connectivity index (χ1v) is 4.86. The first kappa shape index (κ1) is 10.9. The predicted octanol–water partition coefficient (Wildman–Crippen LogP) is 1.65. The molecule has 2 aromatic rings. The Balaban J connectivity index is 2.23. The van der Waals surface area contributed by atoms with Gasteiger partial charge in [-0.3, -0.25) is 14.8 Å². The molecule has 2 rings (SSSR count). The van der Waals surface area contributed by atoms with Gasteiger partial charge in [0.2, 0.25) is 0 Å². The van der Waals surface area contributed by atoms with Gasteiger partial charge in [-0.2, -0.15) is 5.10 Å². The number of aromatic nitrogens is 2. The molecule has 0 unspecified atom stereocenters. The maximum Gasteiger partial charge on any atom is 0.292 e. The highest BCUT2D eigenvalue weighted by atomic mass is 16.6. The average molecular weight is 233 g/mol. The van der Waals surface area contributed by atoms with E-state index < -0.39 is 4.92 Å². The van der Waals surface area contributed by atoms with Gasteiger partial charge in [-0.15, -0.1) is 0 Å². The molecule has 17 heavy (non-hydrogen) atoms. The minimum Gasteiger partial charge on any atom is -0.393 e. The lowest BCUT2D eigenvalue weighted by atomic mass is 10.2. The van der Waals surface area contributed by atoms with Crippen LogP contribution < -0.4 is 11.1 Å². The van der Waals surface area contributed by atoms with Crippen molar-refractivity contribution in [2.45, 2.75) is 0 Å². The summed E-state index contributed by atoms with van der Waals surface area (Å²) in [6, 6.07) is 4.49. The molecule has 0 amide bonds. The van der Waals surface area contributed by atoms with E-state index in [2.05, 4.69) is 10.4 Å². The lowest BCUT2D eigenvalue weighted by Crippen LogP contribution is -1.97. The van der Waals surface area contributed by atoms with E-state index in [-0.39, 0.29) is 11.4 Å². The van der Waals surface area contributed by atoms with Gasteiger partial charge in [-0.05, 0) is 12.1 Å². The Morgan fingerprint density at radius 2 is 2.24 bits per heavy atom. The Labute approximate surface area is 97.0 Å². The highest BCUT2D eigenvalue weighted by Gasteiger charge is 2.11. The second-order valence-electron chi connectivity index (χ2n) is 3.56. The summed E-state index contributed by atoms with van der Waals surface area (Å²) >= 11 is 0. The van der Waals surface area contributed by atoms with Crippen LogP contribution in [-0.4, -0.2) is 14.7 Å². The third-order valence-corrected chi connectivity index (χ3v) is 2.22. The molecule has 1 aromatic heterocycles. The molecule has 1 aromatic carbocycles. The molecule has 3 N–H and O–H groups in total. The number of hydrogen-bond donors (Lipinski definition) is 2. The maximum atomic E-state index is 10.6. The van der Waals surface area contributed by atoms with E-state index >= 15 is 0 Å². The fraction of sp³-hybridized carbons (Fsp3) is 0.100. The van der Waals surface area contributed by atoms with E-state index in [1.165, 1.54) is 12.1 Å². The standard InChI is InChI=1S/C10H11N5O2/c1-14-6-8(5-12-14)13-7-2-3-10(15(16)17)9(11)4-7/h2-6,13H,11H2,1H3. The number of nitrogen functional groups attached to an aromatic ring is 1. The van der Waals surface area contributed by atoms with Crippen LogP contribution in [0.5, 0.6) is 0 Å². The fourth-order valence-corrected chi connectivity index (χ4v) is 1.45. The lowest BCUT2D eigenvalue weighted by Gasteiger charge is -2.04. The smallest absolute Gasteiger partial charge is 0.292 e. The molecule has 0 radical (unpaired) electrons. The number of nitrogens with two attached hydrogens (primary N) is 1. The Morgan fingerprint density at radius 3 is 2.76 bits per heavy atom. The third-order valence-electron chi connectivity index (χ3n) is 2.22. The van der Waals surface area contributed by atoms with Crippen LogP contribution in [0.25, 0.3) is 0 Å². The fourth-order valence-electron chi connectivity index (χ4n) is 1.45. The number of rotatable bonds is 3. The zero-order valence-electron chi connectivity index (χ0n) is 9.12. The first-order valence-electron chi connectivity index (χ1n) is 4.86. The van der Waals surface area contributed by atoms with Crippen molar-refractivity contribution in [2.75, 3.05) is 11.1 Å². The lowest BCUT2D eigenvalue weighted by molar-refractivity contribution is -0.383. The van der Waals surface area contributed by atoms with Crippen molar-refractivity contribution < 1.29 is 4.92 Å². The topological polar surface area (TPSA) is 99.0 Å². The largest absolute Gasteiger partial charge is 0.393 e. The van der Waals surface area contributed by atoms with Crippen LogP contribution in [0.2, 0.25) is 0 Å². The second-order valence-corrected chi connectivity index (χ2v) is 3.56. The van der Waals surface area contributed by atoms with Gasteiger partial charge in [0.1, 0.15) is 5.69 Å². The van der Waals surface area contributed by atoms with Crippen LogP contribution in [0.1, 0.15) is 0 Å². The van der Waals surface area contributed by atoms with Gasteiger partial charge < -0.3 is 11.1 Å². The average Bonchev–Trinajstić information content (AvgIpc) is 2.63. The van der Waals surface area contributed by atoms with Crippen molar-refractivity contribution in [2.24, 2.45) is 7.05 Å². The molecule has 88 valence electrons. The van der Waals surface area contributed by atoms with Crippen molar-refractivity contribution in [3.63, 3.8) is 0 Å². The van der Waals surface area contributed by atoms with Crippen LogP contribution >= 0.6 is 0 Å². The highest BCUT2D eigenvalue weighted by Crippen LogP contribution is 2.26. The van der Waals surface area contributed by atoms with Crippen LogP contribution in [0, 0.1) is 10.1 Å².